The number of fused-ring (bicyclic) bond motifs is 1. The molecular weight excluding hydrogens is 392 g/mol. The molecule has 1 fully saturated rings. The van der Waals surface area contributed by atoms with Crippen molar-refractivity contribution >= 4 is 5.97 Å². The molecule has 166 valence electrons. The summed E-state index contributed by atoms with van der Waals surface area (Å²) in [6.45, 7) is 10.5. The molecule has 1 aliphatic heterocycles. The summed E-state index contributed by atoms with van der Waals surface area (Å²) in [6.07, 6.45) is 7.27. The summed E-state index contributed by atoms with van der Waals surface area (Å²) in [6, 6.07) is 2.09. The van der Waals surface area contributed by atoms with Gasteiger partial charge in [-0.1, -0.05) is 13.0 Å². The molecule has 0 radical (unpaired) electrons. The van der Waals surface area contributed by atoms with E-state index in [0.717, 1.165) is 42.9 Å². The highest BCUT2D eigenvalue weighted by molar-refractivity contribution is 5.92. The van der Waals surface area contributed by atoms with E-state index in [0.29, 0.717) is 12.2 Å². The molecule has 2 aromatic heterocycles. The Morgan fingerprint density at radius 1 is 1.39 bits per heavy atom. The fourth-order valence-corrected chi connectivity index (χ4v) is 6.46. The van der Waals surface area contributed by atoms with Gasteiger partial charge in [0.1, 0.15) is 17.5 Å². The van der Waals surface area contributed by atoms with Gasteiger partial charge in [0, 0.05) is 48.3 Å². The minimum absolute atomic E-state index is 0.253. The fraction of sp³-hybridized carbons (Fsp3) is 0.560. The number of carbonyl (C=O) groups excluding carboxylic acids is 1. The van der Waals surface area contributed by atoms with Crippen molar-refractivity contribution in [3.63, 3.8) is 0 Å². The maximum atomic E-state index is 13.1. The van der Waals surface area contributed by atoms with E-state index in [1.54, 1.807) is 6.26 Å². The van der Waals surface area contributed by atoms with Gasteiger partial charge in [0.25, 0.3) is 0 Å². The molecule has 2 aromatic rings. The summed E-state index contributed by atoms with van der Waals surface area (Å²) in [5.41, 5.74) is 4.03. The summed E-state index contributed by atoms with van der Waals surface area (Å²) in [4.78, 5) is 18.5. The van der Waals surface area contributed by atoms with Crippen molar-refractivity contribution in [2.24, 2.45) is 5.41 Å². The second kappa shape index (κ2) is 7.10. The number of aromatic amines is 1. The van der Waals surface area contributed by atoms with Crippen LogP contribution in [0.1, 0.15) is 65.5 Å². The van der Waals surface area contributed by atoms with Crippen LogP contribution in [0.15, 0.2) is 34.6 Å². The lowest BCUT2D eigenvalue weighted by atomic mass is 9.58. The predicted octanol–water partition coefficient (Wildman–Crippen LogP) is 4.45. The lowest BCUT2D eigenvalue weighted by Gasteiger charge is -2.52. The van der Waals surface area contributed by atoms with Gasteiger partial charge in [-0.2, -0.15) is 0 Å². The summed E-state index contributed by atoms with van der Waals surface area (Å²) in [5.74, 6) is 1.04. The standard InChI is InChI=1S/C25H32N2O4/c1-15-12-24-14-27(5)9-11-30-25(24,20-7-10-29-22(15)20)8-6-19(24)18(4)31-23(28)21-16(2)13-26-17(21)3/h6-7,10,13,15,18,26H,8-9,11-12,14H2,1-5H3/t15-,18-,24+,25+/m1/s1. The topological polar surface area (TPSA) is 67.7 Å². The zero-order valence-corrected chi connectivity index (χ0v) is 19.1. The average Bonchev–Trinajstić information content (AvgIpc) is 3.37. The number of ether oxygens (including phenoxy) is 2. The number of hydrogen-bond acceptors (Lipinski definition) is 5. The largest absolute Gasteiger partial charge is 0.469 e. The van der Waals surface area contributed by atoms with Crippen LogP contribution in [0.2, 0.25) is 0 Å². The third-order valence-corrected chi connectivity index (χ3v) is 7.73. The summed E-state index contributed by atoms with van der Waals surface area (Å²) < 4.78 is 18.7. The number of aromatic nitrogens is 1. The Hall–Kier alpha value is -2.31. The van der Waals surface area contributed by atoms with Crippen LogP contribution in [0.5, 0.6) is 0 Å². The molecule has 31 heavy (non-hydrogen) atoms. The first-order valence-electron chi connectivity index (χ1n) is 11.3. The number of rotatable bonds is 3. The molecule has 0 unspecified atom stereocenters. The van der Waals surface area contributed by atoms with Gasteiger partial charge in [0.15, 0.2) is 0 Å². The second-order valence-electron chi connectivity index (χ2n) is 9.68. The number of hydrogen-bond donors (Lipinski definition) is 1. The Bertz CT molecular complexity index is 1030. The number of likely N-dealkylation sites (N-methyl/N-ethyl adjacent to an activating group) is 1. The highest BCUT2D eigenvalue weighted by Gasteiger charge is 2.64. The Labute approximate surface area is 183 Å². The molecule has 0 amide bonds. The SMILES string of the molecule is Cc1c[nH]c(C)c1C(=O)O[C@H](C)C1=CC[C@@]23OCCN(C)C[C@@]12C[C@@H](C)c1occc13. The van der Waals surface area contributed by atoms with E-state index in [1.807, 2.05) is 27.0 Å². The maximum absolute atomic E-state index is 13.1. The minimum Gasteiger partial charge on any atom is -0.469 e. The Morgan fingerprint density at radius 2 is 2.19 bits per heavy atom. The number of furan rings is 1. The molecule has 0 bridgehead atoms. The number of nitrogens with zero attached hydrogens (tertiary/aromatic N) is 1. The first kappa shape index (κ1) is 20.6. The fourth-order valence-electron chi connectivity index (χ4n) is 6.46. The van der Waals surface area contributed by atoms with E-state index in [9.17, 15) is 4.79 Å². The lowest BCUT2D eigenvalue weighted by Crippen LogP contribution is -2.54. The van der Waals surface area contributed by atoms with Crippen LogP contribution in [0.25, 0.3) is 0 Å². The van der Waals surface area contributed by atoms with Crippen molar-refractivity contribution < 1.29 is 18.7 Å². The van der Waals surface area contributed by atoms with Crippen molar-refractivity contribution in [2.75, 3.05) is 26.7 Å². The minimum atomic E-state index is -0.456. The normalized spacial score (nSPS) is 31.3. The van der Waals surface area contributed by atoms with Crippen LogP contribution in [-0.4, -0.2) is 48.7 Å². The molecule has 6 nitrogen and oxygen atoms in total. The van der Waals surface area contributed by atoms with Gasteiger partial charge in [0.2, 0.25) is 0 Å². The van der Waals surface area contributed by atoms with Gasteiger partial charge in [-0.3, -0.25) is 0 Å². The Morgan fingerprint density at radius 3 is 2.94 bits per heavy atom. The van der Waals surface area contributed by atoms with Crippen molar-refractivity contribution in [3.05, 3.63) is 58.3 Å². The quantitative estimate of drug-likeness (QED) is 0.582. The second-order valence-corrected chi connectivity index (χ2v) is 9.68. The Kier molecular flexibility index (Phi) is 4.72. The monoisotopic (exact) mass is 424 g/mol. The highest BCUT2D eigenvalue weighted by Crippen LogP contribution is 2.65. The van der Waals surface area contributed by atoms with Crippen LogP contribution in [0.3, 0.4) is 0 Å². The van der Waals surface area contributed by atoms with Crippen LogP contribution >= 0.6 is 0 Å². The summed E-state index contributed by atoms with van der Waals surface area (Å²) in [5, 5.41) is 0. The lowest BCUT2D eigenvalue weighted by molar-refractivity contribution is -0.121. The smallest absolute Gasteiger partial charge is 0.340 e. The molecule has 1 saturated heterocycles. The molecule has 2 aliphatic carbocycles. The first-order chi connectivity index (χ1) is 14.8. The third-order valence-electron chi connectivity index (χ3n) is 7.73. The van der Waals surface area contributed by atoms with E-state index in [2.05, 4.69) is 36.0 Å². The number of nitrogens with one attached hydrogen (secondary N) is 1. The van der Waals surface area contributed by atoms with Crippen molar-refractivity contribution in [2.45, 2.75) is 58.2 Å². The van der Waals surface area contributed by atoms with Crippen LogP contribution in [0, 0.1) is 19.3 Å². The molecule has 3 aliphatic rings. The number of aryl methyl sites for hydroxylation is 2. The molecule has 5 rings (SSSR count). The summed E-state index contributed by atoms with van der Waals surface area (Å²) in [7, 11) is 2.16. The van der Waals surface area contributed by atoms with Crippen molar-refractivity contribution in [3.8, 4) is 0 Å². The third kappa shape index (κ3) is 2.81. The number of carbonyl (C=O) groups is 1. The van der Waals surface area contributed by atoms with Crippen LogP contribution in [0.4, 0.5) is 0 Å². The van der Waals surface area contributed by atoms with Crippen LogP contribution in [-0.2, 0) is 15.1 Å². The van der Waals surface area contributed by atoms with Crippen molar-refractivity contribution in [1.82, 2.24) is 9.88 Å². The molecule has 4 atom stereocenters. The number of H-pyrrole nitrogens is 1. The van der Waals surface area contributed by atoms with Gasteiger partial charge in [-0.05, 0) is 51.4 Å². The zero-order valence-electron chi connectivity index (χ0n) is 19.1. The predicted molar refractivity (Wildman–Crippen MR) is 117 cm³/mol. The van der Waals surface area contributed by atoms with E-state index in [4.69, 9.17) is 13.9 Å². The number of esters is 1. The summed E-state index contributed by atoms with van der Waals surface area (Å²) >= 11 is 0. The van der Waals surface area contributed by atoms with E-state index < -0.39 is 5.60 Å². The van der Waals surface area contributed by atoms with Crippen LogP contribution < -0.4 is 0 Å². The molecule has 0 saturated carbocycles. The van der Waals surface area contributed by atoms with Gasteiger partial charge < -0.3 is 23.8 Å². The Balaban J connectivity index is 1.54. The molecule has 0 aromatic carbocycles. The molecular formula is C25H32N2O4. The molecule has 0 spiro atoms. The zero-order chi connectivity index (χ0) is 22.0. The van der Waals surface area contributed by atoms with Gasteiger partial charge in [-0.15, -0.1) is 0 Å². The van der Waals surface area contributed by atoms with Gasteiger partial charge in [0.05, 0.1) is 18.4 Å². The van der Waals surface area contributed by atoms with Gasteiger partial charge >= 0.3 is 5.97 Å². The first-order valence-corrected chi connectivity index (χ1v) is 11.3. The maximum Gasteiger partial charge on any atom is 0.340 e. The van der Waals surface area contributed by atoms with E-state index in [-0.39, 0.29) is 23.4 Å². The highest BCUT2D eigenvalue weighted by atomic mass is 16.5. The molecule has 6 heteroatoms. The molecule has 3 heterocycles. The van der Waals surface area contributed by atoms with Gasteiger partial charge in [-0.25, -0.2) is 4.79 Å². The molecule has 1 N–H and O–H groups in total. The van der Waals surface area contributed by atoms with E-state index in [1.165, 1.54) is 11.1 Å². The average molecular weight is 425 g/mol. The van der Waals surface area contributed by atoms with E-state index >= 15 is 0 Å². The van der Waals surface area contributed by atoms with Crippen molar-refractivity contribution in [1.29, 1.82) is 0 Å².